The highest BCUT2D eigenvalue weighted by Crippen LogP contribution is 2.04. The lowest BCUT2D eigenvalue weighted by Crippen LogP contribution is -2.07. The van der Waals surface area contributed by atoms with Gasteiger partial charge in [0.1, 0.15) is 5.69 Å². The van der Waals surface area contributed by atoms with E-state index in [0.717, 1.165) is 0 Å². The van der Waals surface area contributed by atoms with Gasteiger partial charge < -0.3 is 5.73 Å². The van der Waals surface area contributed by atoms with Crippen LogP contribution in [0.1, 0.15) is 16.3 Å². The molecule has 7 heteroatoms. The van der Waals surface area contributed by atoms with Crippen molar-refractivity contribution in [3.05, 3.63) is 29.8 Å². The monoisotopic (exact) mass is 204 g/mol. The van der Waals surface area contributed by atoms with Crippen molar-refractivity contribution in [1.82, 2.24) is 25.2 Å². The van der Waals surface area contributed by atoms with Crippen LogP contribution in [0.5, 0.6) is 0 Å². The number of hydrogen-bond donors (Lipinski definition) is 1. The predicted octanol–water partition coefficient (Wildman–Crippen LogP) is -0.582. The third-order valence-corrected chi connectivity index (χ3v) is 1.73. The summed E-state index contributed by atoms with van der Waals surface area (Å²) in [6, 6.07) is 3.12. The predicted molar refractivity (Wildman–Crippen MR) is 50.9 cm³/mol. The molecule has 2 heterocycles. The average Bonchev–Trinajstić information content (AvgIpc) is 2.65. The maximum atomic E-state index is 11.7. The van der Waals surface area contributed by atoms with Crippen LogP contribution >= 0.6 is 0 Å². The summed E-state index contributed by atoms with van der Waals surface area (Å²) >= 11 is 0. The molecule has 2 aromatic heterocycles. The molecule has 0 aliphatic carbocycles. The lowest BCUT2D eigenvalue weighted by molar-refractivity contribution is 0.102. The van der Waals surface area contributed by atoms with Gasteiger partial charge in [-0.1, -0.05) is 0 Å². The van der Waals surface area contributed by atoms with E-state index in [1.165, 1.54) is 17.1 Å². The van der Waals surface area contributed by atoms with E-state index in [-0.39, 0.29) is 17.3 Å². The quantitative estimate of drug-likeness (QED) is 0.657. The van der Waals surface area contributed by atoms with Gasteiger partial charge in [0, 0.05) is 0 Å². The summed E-state index contributed by atoms with van der Waals surface area (Å²) in [7, 11) is 1.58. The third kappa shape index (κ3) is 1.80. The summed E-state index contributed by atoms with van der Waals surface area (Å²) < 4.78 is 0. The molecule has 2 N–H and O–H groups in total. The van der Waals surface area contributed by atoms with Crippen LogP contribution in [0.25, 0.3) is 0 Å². The first-order chi connectivity index (χ1) is 7.16. The van der Waals surface area contributed by atoms with Gasteiger partial charge >= 0.3 is 0 Å². The smallest absolute Gasteiger partial charge is 0.252 e. The molecule has 76 valence electrons. The Bertz CT molecular complexity index is 488. The second-order valence-electron chi connectivity index (χ2n) is 2.91. The highest BCUT2D eigenvalue weighted by Gasteiger charge is 2.15. The van der Waals surface area contributed by atoms with E-state index in [0.29, 0.717) is 5.69 Å². The van der Waals surface area contributed by atoms with E-state index in [4.69, 9.17) is 5.73 Å². The Hall–Kier alpha value is -2.31. The number of nitrogen functional groups attached to an aromatic ring is 1. The Morgan fingerprint density at radius 2 is 2.27 bits per heavy atom. The van der Waals surface area contributed by atoms with Gasteiger partial charge in [-0.15, -0.1) is 10.2 Å². The molecule has 0 atom stereocenters. The van der Waals surface area contributed by atoms with E-state index >= 15 is 0 Å². The minimum Gasteiger partial charge on any atom is -0.397 e. The maximum Gasteiger partial charge on any atom is 0.252 e. The van der Waals surface area contributed by atoms with Crippen molar-refractivity contribution >= 4 is 11.5 Å². The topological polar surface area (TPSA) is 99.6 Å². The normalized spacial score (nSPS) is 10.2. The fourth-order valence-electron chi connectivity index (χ4n) is 1.03. The first-order valence-electron chi connectivity index (χ1n) is 4.17. The fraction of sp³-hybridized carbons (Fsp3) is 0.125. The molecule has 2 aromatic rings. The van der Waals surface area contributed by atoms with Gasteiger partial charge in [0.2, 0.25) is 5.82 Å². The summed E-state index contributed by atoms with van der Waals surface area (Å²) in [5.74, 6) is -0.349. The zero-order chi connectivity index (χ0) is 10.8. The zero-order valence-corrected chi connectivity index (χ0v) is 7.95. The molecule has 0 aliphatic rings. The van der Waals surface area contributed by atoms with E-state index in [1.54, 1.807) is 13.1 Å². The van der Waals surface area contributed by atoms with E-state index in [2.05, 4.69) is 20.4 Å². The molecule has 0 unspecified atom stereocenters. The maximum absolute atomic E-state index is 11.7. The number of anilines is 1. The number of nitrogens with two attached hydrogens (primary N) is 1. The molecule has 0 aromatic carbocycles. The number of tetrazole rings is 1. The molecule has 0 saturated heterocycles. The largest absolute Gasteiger partial charge is 0.397 e. The highest BCUT2D eigenvalue weighted by atomic mass is 16.1. The molecule has 7 nitrogen and oxygen atoms in total. The molecule has 2 rings (SSSR count). The van der Waals surface area contributed by atoms with Crippen LogP contribution in [0.4, 0.5) is 5.69 Å². The lowest BCUT2D eigenvalue weighted by atomic mass is 10.2. The van der Waals surface area contributed by atoms with Crippen LogP contribution in [-0.2, 0) is 7.05 Å². The van der Waals surface area contributed by atoms with E-state index < -0.39 is 0 Å². The number of aryl methyl sites for hydroxylation is 1. The second-order valence-corrected chi connectivity index (χ2v) is 2.91. The Morgan fingerprint density at radius 1 is 1.47 bits per heavy atom. The van der Waals surface area contributed by atoms with Crippen molar-refractivity contribution in [2.75, 3.05) is 5.73 Å². The summed E-state index contributed by atoms with van der Waals surface area (Å²) in [4.78, 5) is 16.8. The van der Waals surface area contributed by atoms with Crippen molar-refractivity contribution in [1.29, 1.82) is 0 Å². The number of ketones is 1. The SMILES string of the molecule is Cn1nnc(C(=O)c2ccc(N)cn2)n1. The molecule has 0 aliphatic heterocycles. The van der Waals surface area contributed by atoms with Crippen LogP contribution in [0, 0.1) is 0 Å². The molecule has 0 spiro atoms. The first-order valence-corrected chi connectivity index (χ1v) is 4.17. The summed E-state index contributed by atoms with van der Waals surface area (Å²) in [5, 5.41) is 10.9. The highest BCUT2D eigenvalue weighted by molar-refractivity contribution is 6.04. The van der Waals surface area contributed by atoms with Crippen molar-refractivity contribution in [3.8, 4) is 0 Å². The molecule has 15 heavy (non-hydrogen) atoms. The van der Waals surface area contributed by atoms with Crippen LogP contribution in [0.3, 0.4) is 0 Å². The van der Waals surface area contributed by atoms with Gasteiger partial charge in [-0.2, -0.15) is 4.80 Å². The number of carbonyl (C=O) groups excluding carboxylic acids is 1. The molecule has 0 fully saturated rings. The minimum absolute atomic E-state index is 0.0229. The van der Waals surface area contributed by atoms with Crippen LogP contribution < -0.4 is 5.73 Å². The standard InChI is InChI=1S/C8H8N6O/c1-14-12-8(11-13-14)7(15)6-3-2-5(9)4-10-6/h2-4H,9H2,1H3. The summed E-state index contributed by atoms with van der Waals surface area (Å²) in [6.45, 7) is 0. The van der Waals surface area contributed by atoms with Gasteiger partial charge in [-0.05, 0) is 17.3 Å². The van der Waals surface area contributed by atoms with Crippen molar-refractivity contribution in [3.63, 3.8) is 0 Å². The van der Waals surface area contributed by atoms with E-state index in [9.17, 15) is 4.79 Å². The third-order valence-electron chi connectivity index (χ3n) is 1.73. The summed E-state index contributed by atoms with van der Waals surface area (Å²) in [5.41, 5.74) is 6.19. The molecular weight excluding hydrogens is 196 g/mol. The van der Waals surface area contributed by atoms with Gasteiger partial charge in [0.05, 0.1) is 18.9 Å². The molecule has 0 saturated carbocycles. The summed E-state index contributed by atoms with van der Waals surface area (Å²) in [6.07, 6.45) is 1.41. The Balaban J connectivity index is 2.32. The first kappa shape index (κ1) is 9.25. The minimum atomic E-state index is -0.372. The van der Waals surface area contributed by atoms with Gasteiger partial charge in [-0.25, -0.2) is 0 Å². The van der Waals surface area contributed by atoms with Crippen molar-refractivity contribution in [2.45, 2.75) is 0 Å². The Morgan fingerprint density at radius 3 is 2.80 bits per heavy atom. The number of aromatic nitrogens is 5. The molecule has 0 bridgehead atoms. The second kappa shape index (κ2) is 3.45. The number of rotatable bonds is 2. The van der Waals surface area contributed by atoms with E-state index in [1.807, 2.05) is 0 Å². The Kier molecular flexibility index (Phi) is 2.13. The molecule has 0 amide bonds. The van der Waals surface area contributed by atoms with Crippen molar-refractivity contribution in [2.24, 2.45) is 7.05 Å². The number of nitrogens with zero attached hydrogens (tertiary/aromatic N) is 5. The number of carbonyl (C=O) groups is 1. The lowest BCUT2D eigenvalue weighted by Gasteiger charge is -1.95. The number of hydrogen-bond acceptors (Lipinski definition) is 6. The average molecular weight is 204 g/mol. The molecule has 0 radical (unpaired) electrons. The van der Waals surface area contributed by atoms with Crippen molar-refractivity contribution < 1.29 is 4.79 Å². The van der Waals surface area contributed by atoms with Crippen LogP contribution in [-0.4, -0.2) is 31.0 Å². The van der Waals surface area contributed by atoms with Gasteiger partial charge in [0.15, 0.2) is 0 Å². The van der Waals surface area contributed by atoms with Gasteiger partial charge in [0.25, 0.3) is 5.78 Å². The number of pyridine rings is 1. The Labute approximate surface area is 84.9 Å². The molecular formula is C8H8N6O. The fourth-order valence-corrected chi connectivity index (χ4v) is 1.03. The zero-order valence-electron chi connectivity index (χ0n) is 7.95. The van der Waals surface area contributed by atoms with Crippen LogP contribution in [0.2, 0.25) is 0 Å². The van der Waals surface area contributed by atoms with Gasteiger partial charge in [-0.3, -0.25) is 9.78 Å². The van der Waals surface area contributed by atoms with Crippen LogP contribution in [0.15, 0.2) is 18.3 Å².